The number of nitrogens with zero attached hydrogens (tertiary/aromatic N) is 3. The number of hydrazone groups is 1. The molecule has 0 radical (unpaired) electrons. The number of benzene rings is 2. The quantitative estimate of drug-likeness (QED) is 0.332. The zero-order chi connectivity index (χ0) is 17.9. The van der Waals surface area contributed by atoms with E-state index in [9.17, 15) is 0 Å². The molecule has 0 saturated heterocycles. The third-order valence-electron chi connectivity index (χ3n) is 3.66. The van der Waals surface area contributed by atoms with Gasteiger partial charge in [0.1, 0.15) is 5.76 Å². The van der Waals surface area contributed by atoms with Crippen LogP contribution in [-0.2, 0) is 0 Å². The molecule has 4 aromatic rings. The molecule has 0 atom stereocenters. The number of fused-ring (bicyclic) bond motifs is 1. The minimum Gasteiger partial charge on any atom is -0.444 e. The Bertz CT molecular complexity index is 1100. The summed E-state index contributed by atoms with van der Waals surface area (Å²) in [7, 11) is 0. The van der Waals surface area contributed by atoms with E-state index in [2.05, 4.69) is 36.4 Å². The Labute approximate surface area is 162 Å². The Hall–Kier alpha value is -2.70. The molecule has 0 bridgehead atoms. The average Bonchev–Trinajstić information content (AvgIpc) is 3.07. The summed E-state index contributed by atoms with van der Waals surface area (Å²) in [5.74, 6) is 0.933. The molecule has 2 heterocycles. The molecule has 5 nitrogen and oxygen atoms in total. The average molecular weight is 428 g/mol. The number of anilines is 1. The molecule has 0 fully saturated rings. The second-order valence-corrected chi connectivity index (χ2v) is 6.72. The molecule has 0 spiro atoms. The molecule has 2 aromatic heterocycles. The van der Waals surface area contributed by atoms with Crippen LogP contribution in [0.5, 0.6) is 0 Å². The van der Waals surface area contributed by atoms with Crippen molar-refractivity contribution < 1.29 is 4.42 Å². The number of halogens is 2. The summed E-state index contributed by atoms with van der Waals surface area (Å²) >= 11 is 9.26. The fraction of sp³-hybridized carbons (Fsp3) is 0. The fourth-order valence-electron chi connectivity index (χ4n) is 2.52. The van der Waals surface area contributed by atoms with Crippen LogP contribution >= 0.6 is 27.5 Å². The highest BCUT2D eigenvalue weighted by atomic mass is 79.9. The molecule has 0 aliphatic carbocycles. The van der Waals surface area contributed by atoms with Crippen LogP contribution in [0.2, 0.25) is 5.22 Å². The molecule has 26 heavy (non-hydrogen) atoms. The van der Waals surface area contributed by atoms with E-state index >= 15 is 0 Å². The van der Waals surface area contributed by atoms with Gasteiger partial charge in [0.15, 0.2) is 5.22 Å². The molecule has 0 amide bonds. The predicted octanol–water partition coefficient (Wildman–Crippen LogP) is 5.75. The highest BCUT2D eigenvalue weighted by Crippen LogP contribution is 2.29. The summed E-state index contributed by atoms with van der Waals surface area (Å²) in [6, 6.07) is 19.2. The van der Waals surface area contributed by atoms with Gasteiger partial charge in [0, 0.05) is 15.4 Å². The van der Waals surface area contributed by atoms with Gasteiger partial charge >= 0.3 is 0 Å². The lowest BCUT2D eigenvalue weighted by atomic mass is 10.1. The van der Waals surface area contributed by atoms with Gasteiger partial charge in [-0.2, -0.15) is 5.10 Å². The van der Waals surface area contributed by atoms with Crippen molar-refractivity contribution in [1.82, 2.24) is 9.97 Å². The first-order chi connectivity index (χ1) is 12.7. The van der Waals surface area contributed by atoms with Gasteiger partial charge in [0.2, 0.25) is 5.95 Å². The summed E-state index contributed by atoms with van der Waals surface area (Å²) in [6.45, 7) is 0. The van der Waals surface area contributed by atoms with Gasteiger partial charge in [0.25, 0.3) is 0 Å². The van der Waals surface area contributed by atoms with Crippen molar-refractivity contribution in [2.45, 2.75) is 0 Å². The van der Waals surface area contributed by atoms with Crippen molar-refractivity contribution in [3.05, 3.63) is 76.1 Å². The molecule has 0 aliphatic rings. The Balaban J connectivity index is 1.74. The first-order valence-corrected chi connectivity index (χ1v) is 8.93. The second-order valence-electron chi connectivity index (χ2n) is 5.44. The maximum atomic E-state index is 5.75. The number of hydrogen-bond acceptors (Lipinski definition) is 5. The summed E-state index contributed by atoms with van der Waals surface area (Å²) in [4.78, 5) is 9.16. The topological polar surface area (TPSA) is 63.3 Å². The van der Waals surface area contributed by atoms with Gasteiger partial charge in [-0.1, -0.05) is 46.3 Å². The lowest BCUT2D eigenvalue weighted by Crippen LogP contribution is -1.99. The lowest BCUT2D eigenvalue weighted by Gasteiger charge is -2.09. The number of nitrogens with one attached hydrogen (secondary N) is 1. The van der Waals surface area contributed by atoms with E-state index in [-0.39, 0.29) is 0 Å². The van der Waals surface area contributed by atoms with Gasteiger partial charge in [0.05, 0.1) is 17.4 Å². The maximum absolute atomic E-state index is 5.75. The fourth-order valence-corrected chi connectivity index (χ4v) is 3.03. The molecular weight excluding hydrogens is 416 g/mol. The van der Waals surface area contributed by atoms with E-state index in [1.54, 1.807) is 12.1 Å². The van der Waals surface area contributed by atoms with Crippen LogP contribution in [0.1, 0.15) is 5.76 Å². The van der Waals surface area contributed by atoms with Crippen LogP contribution < -0.4 is 5.43 Å². The summed E-state index contributed by atoms with van der Waals surface area (Å²) in [5.41, 5.74) is 5.50. The molecule has 1 N–H and O–H groups in total. The first-order valence-electron chi connectivity index (χ1n) is 7.76. The third-order valence-corrected chi connectivity index (χ3v) is 4.35. The van der Waals surface area contributed by atoms with E-state index in [1.165, 1.54) is 6.21 Å². The van der Waals surface area contributed by atoms with E-state index in [0.29, 0.717) is 16.9 Å². The number of hydrogen-bond donors (Lipinski definition) is 1. The second kappa shape index (κ2) is 7.27. The SMILES string of the molecule is Clc1ccc(/C=N\Nc2nc(-c3ccccc3)c3cc(Br)ccc3n2)o1. The Kier molecular flexibility index (Phi) is 4.69. The standard InChI is InChI=1S/C19H12BrClN4O/c20-13-6-8-16-15(10-13)18(12-4-2-1-3-5-12)24-19(23-16)25-22-11-14-7-9-17(21)26-14/h1-11H,(H,23,24,25)/b22-11-. The largest absolute Gasteiger partial charge is 0.444 e. The molecule has 0 unspecified atom stereocenters. The van der Waals surface area contributed by atoms with Crippen LogP contribution in [0.15, 0.2) is 74.7 Å². The highest BCUT2D eigenvalue weighted by molar-refractivity contribution is 9.10. The minimum absolute atomic E-state index is 0.311. The normalized spacial score (nSPS) is 11.3. The van der Waals surface area contributed by atoms with Gasteiger partial charge in [-0.25, -0.2) is 15.4 Å². The summed E-state index contributed by atoms with van der Waals surface area (Å²) in [6.07, 6.45) is 1.52. The predicted molar refractivity (Wildman–Crippen MR) is 108 cm³/mol. The van der Waals surface area contributed by atoms with Crippen molar-refractivity contribution in [3.8, 4) is 11.3 Å². The van der Waals surface area contributed by atoms with E-state index in [1.807, 2.05) is 48.5 Å². The molecule has 0 aliphatic heterocycles. The van der Waals surface area contributed by atoms with Crippen molar-refractivity contribution in [1.29, 1.82) is 0 Å². The molecule has 0 saturated carbocycles. The van der Waals surface area contributed by atoms with Gasteiger partial charge in [-0.15, -0.1) is 0 Å². The van der Waals surface area contributed by atoms with Crippen LogP contribution in [0.25, 0.3) is 22.2 Å². The molecule has 2 aromatic carbocycles. The number of aromatic nitrogens is 2. The number of furan rings is 1. The molecular formula is C19H12BrClN4O. The monoisotopic (exact) mass is 426 g/mol. The zero-order valence-corrected chi connectivity index (χ0v) is 15.7. The van der Waals surface area contributed by atoms with E-state index < -0.39 is 0 Å². The van der Waals surface area contributed by atoms with E-state index in [0.717, 1.165) is 26.6 Å². The molecule has 4 rings (SSSR count). The Morgan fingerprint density at radius 2 is 1.88 bits per heavy atom. The van der Waals surface area contributed by atoms with Crippen molar-refractivity contribution in [3.63, 3.8) is 0 Å². The van der Waals surface area contributed by atoms with Crippen molar-refractivity contribution in [2.24, 2.45) is 5.10 Å². The van der Waals surface area contributed by atoms with Gasteiger partial charge in [-0.05, 0) is 41.9 Å². The number of rotatable bonds is 4. The summed E-state index contributed by atoms with van der Waals surface area (Å²) < 4.78 is 6.20. The van der Waals surface area contributed by atoms with Crippen LogP contribution in [0, 0.1) is 0 Å². The summed E-state index contributed by atoms with van der Waals surface area (Å²) in [5, 5.41) is 5.39. The molecule has 7 heteroatoms. The van der Waals surface area contributed by atoms with Gasteiger partial charge < -0.3 is 4.42 Å². The smallest absolute Gasteiger partial charge is 0.244 e. The Morgan fingerprint density at radius 3 is 2.65 bits per heavy atom. The first kappa shape index (κ1) is 16.8. The Morgan fingerprint density at radius 1 is 1.04 bits per heavy atom. The van der Waals surface area contributed by atoms with Gasteiger partial charge in [-0.3, -0.25) is 0 Å². The van der Waals surface area contributed by atoms with Crippen LogP contribution in [-0.4, -0.2) is 16.2 Å². The molecule has 128 valence electrons. The third kappa shape index (κ3) is 3.61. The van der Waals surface area contributed by atoms with Crippen LogP contribution in [0.3, 0.4) is 0 Å². The van der Waals surface area contributed by atoms with E-state index in [4.69, 9.17) is 16.0 Å². The van der Waals surface area contributed by atoms with Crippen LogP contribution in [0.4, 0.5) is 5.95 Å². The maximum Gasteiger partial charge on any atom is 0.244 e. The lowest BCUT2D eigenvalue weighted by molar-refractivity contribution is 0.562. The van der Waals surface area contributed by atoms with Crippen molar-refractivity contribution >= 4 is 50.6 Å². The highest BCUT2D eigenvalue weighted by Gasteiger charge is 2.10. The van der Waals surface area contributed by atoms with Crippen molar-refractivity contribution in [2.75, 3.05) is 5.43 Å². The zero-order valence-electron chi connectivity index (χ0n) is 13.4. The minimum atomic E-state index is 0.311.